The molecular weight excluding hydrogens is 326 g/mol. The first-order valence-electron chi connectivity index (χ1n) is 8.23. The van der Waals surface area contributed by atoms with Gasteiger partial charge in [0.25, 0.3) is 0 Å². The average molecular weight is 351 g/mol. The minimum Gasteiger partial charge on any atom is -0.396 e. The fourth-order valence-electron chi connectivity index (χ4n) is 3.09. The van der Waals surface area contributed by atoms with Crippen LogP contribution in [0.4, 0.5) is 0 Å². The zero-order chi connectivity index (χ0) is 17.7. The molecule has 1 atom stereocenters. The van der Waals surface area contributed by atoms with E-state index in [4.69, 9.17) is 5.26 Å². The van der Waals surface area contributed by atoms with Crippen LogP contribution >= 0.6 is 0 Å². The van der Waals surface area contributed by atoms with Gasteiger partial charge in [-0.25, -0.2) is 8.42 Å². The van der Waals surface area contributed by atoms with Gasteiger partial charge >= 0.3 is 0 Å². The molecule has 0 bridgehead atoms. The lowest BCUT2D eigenvalue weighted by atomic mass is 10.1. The van der Waals surface area contributed by atoms with Crippen LogP contribution < -0.4 is 0 Å². The van der Waals surface area contributed by atoms with Crippen molar-refractivity contribution < 1.29 is 13.5 Å². The Bertz CT molecular complexity index is 697. The lowest BCUT2D eigenvalue weighted by Gasteiger charge is -2.41. The van der Waals surface area contributed by atoms with Crippen molar-refractivity contribution in [3.05, 3.63) is 29.8 Å². The van der Waals surface area contributed by atoms with Crippen LogP contribution in [0.25, 0.3) is 0 Å². The molecule has 0 spiro atoms. The predicted molar refractivity (Wildman–Crippen MR) is 91.8 cm³/mol. The van der Waals surface area contributed by atoms with Crippen molar-refractivity contribution in [3.8, 4) is 6.07 Å². The van der Waals surface area contributed by atoms with E-state index in [-0.39, 0.29) is 17.5 Å². The lowest BCUT2D eigenvalue weighted by Crippen LogP contribution is -2.55. The van der Waals surface area contributed by atoms with Gasteiger partial charge in [0.15, 0.2) is 0 Å². The van der Waals surface area contributed by atoms with Crippen molar-refractivity contribution in [2.45, 2.75) is 31.2 Å². The fraction of sp³-hybridized carbons (Fsp3) is 0.588. The molecule has 1 unspecified atom stereocenters. The van der Waals surface area contributed by atoms with Crippen LogP contribution in [0.5, 0.6) is 0 Å². The minimum absolute atomic E-state index is 0.0140. The van der Waals surface area contributed by atoms with Gasteiger partial charge in [-0.15, -0.1) is 0 Å². The SMILES string of the molecule is CC(C)CN1CCN(S(=O)(=O)c2cccc(C#N)c2)CC1CCO. The highest BCUT2D eigenvalue weighted by Gasteiger charge is 2.34. The van der Waals surface area contributed by atoms with Gasteiger partial charge in [-0.2, -0.15) is 9.57 Å². The van der Waals surface area contributed by atoms with E-state index in [2.05, 4.69) is 18.7 Å². The summed E-state index contributed by atoms with van der Waals surface area (Å²) in [5.41, 5.74) is 0.335. The number of nitrogens with zero attached hydrogens (tertiary/aromatic N) is 3. The molecular formula is C17H25N3O3S. The number of piperazine rings is 1. The van der Waals surface area contributed by atoms with E-state index in [1.807, 2.05) is 6.07 Å². The Hall–Kier alpha value is -1.46. The van der Waals surface area contributed by atoms with Crippen molar-refractivity contribution >= 4 is 10.0 Å². The molecule has 24 heavy (non-hydrogen) atoms. The number of aliphatic hydroxyl groups is 1. The van der Waals surface area contributed by atoms with E-state index in [0.717, 1.165) is 6.54 Å². The molecule has 1 N–H and O–H groups in total. The number of nitriles is 1. The van der Waals surface area contributed by atoms with Crippen molar-refractivity contribution in [2.75, 3.05) is 32.8 Å². The fourth-order valence-corrected chi connectivity index (χ4v) is 4.61. The van der Waals surface area contributed by atoms with Crippen molar-refractivity contribution in [2.24, 2.45) is 5.92 Å². The highest BCUT2D eigenvalue weighted by Crippen LogP contribution is 2.22. The molecule has 2 rings (SSSR count). The minimum atomic E-state index is -3.62. The molecule has 1 aromatic rings. The van der Waals surface area contributed by atoms with Gasteiger partial charge in [-0.05, 0) is 30.5 Å². The molecule has 1 aromatic carbocycles. The Labute approximate surface area is 144 Å². The van der Waals surface area contributed by atoms with E-state index < -0.39 is 10.0 Å². The zero-order valence-electron chi connectivity index (χ0n) is 14.2. The molecule has 0 amide bonds. The van der Waals surface area contributed by atoms with Crippen LogP contribution in [-0.4, -0.2) is 61.6 Å². The van der Waals surface area contributed by atoms with E-state index in [1.165, 1.54) is 16.4 Å². The van der Waals surface area contributed by atoms with Crippen LogP contribution in [0.3, 0.4) is 0 Å². The largest absolute Gasteiger partial charge is 0.396 e. The van der Waals surface area contributed by atoms with Crippen molar-refractivity contribution in [1.29, 1.82) is 5.26 Å². The van der Waals surface area contributed by atoms with Gasteiger partial charge in [0, 0.05) is 38.8 Å². The lowest BCUT2D eigenvalue weighted by molar-refractivity contribution is 0.0853. The molecule has 0 aromatic heterocycles. The standard InChI is InChI=1S/C17H25N3O3S/c1-14(2)12-19-7-8-20(13-16(19)6-9-21)24(22,23)17-5-3-4-15(10-17)11-18/h3-5,10,14,16,21H,6-9,12-13H2,1-2H3. The van der Waals surface area contributed by atoms with Gasteiger partial charge in [0.2, 0.25) is 10.0 Å². The molecule has 6 nitrogen and oxygen atoms in total. The molecule has 0 aliphatic carbocycles. The van der Waals surface area contributed by atoms with E-state index in [0.29, 0.717) is 37.5 Å². The third-order valence-corrected chi connectivity index (χ3v) is 6.09. The average Bonchev–Trinajstić information content (AvgIpc) is 2.56. The summed E-state index contributed by atoms with van der Waals surface area (Å²) in [6.07, 6.45) is 0.553. The molecule has 1 heterocycles. The van der Waals surface area contributed by atoms with Crippen LogP contribution in [0.1, 0.15) is 25.8 Å². The second-order valence-corrected chi connectivity index (χ2v) is 8.50. The van der Waals surface area contributed by atoms with Gasteiger partial charge in [-0.1, -0.05) is 19.9 Å². The summed E-state index contributed by atoms with van der Waals surface area (Å²) in [6, 6.07) is 8.11. The quantitative estimate of drug-likeness (QED) is 0.834. The van der Waals surface area contributed by atoms with Crippen LogP contribution in [-0.2, 0) is 10.0 Å². The summed E-state index contributed by atoms with van der Waals surface area (Å²) in [5.74, 6) is 0.488. The van der Waals surface area contributed by atoms with Gasteiger partial charge in [-0.3, -0.25) is 4.90 Å². The Morgan fingerprint density at radius 1 is 1.38 bits per heavy atom. The van der Waals surface area contributed by atoms with E-state index in [9.17, 15) is 13.5 Å². The Balaban J connectivity index is 2.21. The second-order valence-electron chi connectivity index (χ2n) is 6.56. The summed E-state index contributed by atoms with van der Waals surface area (Å²) in [5, 5.41) is 18.3. The van der Waals surface area contributed by atoms with Gasteiger partial charge < -0.3 is 5.11 Å². The number of aliphatic hydroxyl groups excluding tert-OH is 1. The number of sulfonamides is 1. The topological polar surface area (TPSA) is 84.6 Å². The molecule has 1 aliphatic rings. The third-order valence-electron chi connectivity index (χ3n) is 4.23. The highest BCUT2D eigenvalue weighted by molar-refractivity contribution is 7.89. The summed E-state index contributed by atoms with van der Waals surface area (Å²) in [6.45, 7) is 6.64. The maximum atomic E-state index is 12.9. The van der Waals surface area contributed by atoms with Gasteiger partial charge in [0.1, 0.15) is 0 Å². The highest BCUT2D eigenvalue weighted by atomic mass is 32.2. The molecule has 0 saturated carbocycles. The molecule has 7 heteroatoms. The summed E-state index contributed by atoms with van der Waals surface area (Å²) >= 11 is 0. The Morgan fingerprint density at radius 2 is 2.12 bits per heavy atom. The third kappa shape index (κ3) is 4.33. The summed E-state index contributed by atoms with van der Waals surface area (Å²) < 4.78 is 27.2. The van der Waals surface area contributed by atoms with Crippen molar-refractivity contribution in [3.63, 3.8) is 0 Å². The van der Waals surface area contributed by atoms with Crippen LogP contribution in [0, 0.1) is 17.2 Å². The molecule has 1 aliphatic heterocycles. The van der Waals surface area contributed by atoms with E-state index in [1.54, 1.807) is 12.1 Å². The van der Waals surface area contributed by atoms with Crippen LogP contribution in [0.2, 0.25) is 0 Å². The predicted octanol–water partition coefficient (Wildman–Crippen LogP) is 1.27. The van der Waals surface area contributed by atoms with Crippen molar-refractivity contribution in [1.82, 2.24) is 9.21 Å². The molecule has 0 radical (unpaired) electrons. The molecule has 1 saturated heterocycles. The van der Waals surface area contributed by atoms with Gasteiger partial charge in [0.05, 0.1) is 16.5 Å². The number of hydrogen-bond donors (Lipinski definition) is 1. The first kappa shape index (κ1) is 18.9. The zero-order valence-corrected chi connectivity index (χ0v) is 15.0. The van der Waals surface area contributed by atoms with Crippen LogP contribution in [0.15, 0.2) is 29.2 Å². The number of hydrogen-bond acceptors (Lipinski definition) is 5. The Kier molecular flexibility index (Phi) is 6.35. The first-order valence-corrected chi connectivity index (χ1v) is 9.67. The molecule has 132 valence electrons. The summed E-state index contributed by atoms with van der Waals surface area (Å²) in [4.78, 5) is 2.42. The maximum Gasteiger partial charge on any atom is 0.243 e. The molecule has 1 fully saturated rings. The first-order chi connectivity index (χ1) is 11.4. The van der Waals surface area contributed by atoms with E-state index >= 15 is 0 Å². The maximum absolute atomic E-state index is 12.9. The monoisotopic (exact) mass is 351 g/mol. The number of rotatable bonds is 6. The number of benzene rings is 1. The second kappa shape index (κ2) is 8.08. The normalized spacial score (nSPS) is 20.2. The Morgan fingerprint density at radius 3 is 2.75 bits per heavy atom. The summed E-state index contributed by atoms with van der Waals surface area (Å²) in [7, 11) is -3.62. The smallest absolute Gasteiger partial charge is 0.243 e.